The fraction of sp³-hybridized carbons (Fsp3) is 0.849. The van der Waals surface area contributed by atoms with Crippen LogP contribution in [0.2, 0.25) is 0 Å². The van der Waals surface area contributed by atoms with E-state index in [0.29, 0.717) is 66.6 Å². The van der Waals surface area contributed by atoms with Gasteiger partial charge in [-0.05, 0) is 150 Å². The van der Waals surface area contributed by atoms with Gasteiger partial charge in [0.25, 0.3) is 0 Å². The molecular formula is C53H98F3N9O. The first-order valence-corrected chi connectivity index (χ1v) is 25.8. The van der Waals surface area contributed by atoms with Gasteiger partial charge in [0.15, 0.2) is 0 Å². The summed E-state index contributed by atoms with van der Waals surface area (Å²) in [7, 11) is 2.20. The van der Waals surface area contributed by atoms with Crippen LogP contribution in [-0.2, 0) is 24.0 Å². The number of hydrogen-bond donors (Lipinski definition) is 2. The standard InChI is InChI=1S/C14H25N.C10H15N.C9H13F3N4.C9H20N2.C7H15NO.C4H10/c1-10(2)15-14-7-11-4-12(8-14)6-13(3,5-11)9-14;1-8(2)11-10-6-4-9(3)5-7-10;1-6(2)15-3-4-16-7(5-15)13-14-8(16)9(10,11)12;1-8(2)11-6-5-10(4)7-9(11)3;1-7(2)8-3-5-9-6-4-8;1-4(2)3/h10-12,15H,4-9H2,1-3H3;4-8,11H,1-3H3;6H,3-5H2,1-2H3;8-9H,5-7H2,1-4H3;7H,3-6H2,1-2H3;4H,1-3H3. The topological polar surface area (TPSA) is 77.0 Å². The van der Waals surface area contributed by atoms with Crippen molar-refractivity contribution in [1.29, 1.82) is 0 Å². The maximum Gasteiger partial charge on any atom is 0.451 e. The second-order valence-corrected chi connectivity index (χ2v) is 23.1. The Morgan fingerprint density at radius 3 is 1.71 bits per heavy atom. The first-order chi connectivity index (χ1) is 30.7. The molecule has 2 aromatic rings. The van der Waals surface area contributed by atoms with Gasteiger partial charge in [-0.3, -0.25) is 14.7 Å². The number of hydrogen-bond acceptors (Lipinski definition) is 9. The molecule has 7 aliphatic rings. The van der Waals surface area contributed by atoms with Crippen LogP contribution in [0, 0.1) is 30.1 Å². The summed E-state index contributed by atoms with van der Waals surface area (Å²) in [5, 5.41) is 14.1. The number of likely N-dealkylation sites (N-methyl/N-ethyl adjacent to an activating group) is 1. The number of anilines is 1. The smallest absolute Gasteiger partial charge is 0.383 e. The average molecular weight is 934 g/mol. The number of nitrogens with one attached hydrogen (secondary N) is 2. The highest BCUT2D eigenvalue weighted by Crippen LogP contribution is 2.61. The summed E-state index contributed by atoms with van der Waals surface area (Å²) < 4.78 is 44.0. The Labute approximate surface area is 401 Å². The van der Waals surface area contributed by atoms with Gasteiger partial charge in [0.05, 0.1) is 19.8 Å². The summed E-state index contributed by atoms with van der Waals surface area (Å²) in [6, 6.07) is 12.0. The third-order valence-corrected chi connectivity index (χ3v) is 13.5. The van der Waals surface area contributed by atoms with E-state index in [2.05, 4.69) is 169 Å². The van der Waals surface area contributed by atoms with Crippen molar-refractivity contribution in [3.8, 4) is 0 Å². The molecule has 0 spiro atoms. The normalized spacial score (nSPS) is 26.7. The fourth-order valence-corrected chi connectivity index (χ4v) is 11.3. The van der Waals surface area contributed by atoms with E-state index in [0.717, 1.165) is 50.1 Å². The van der Waals surface area contributed by atoms with Crippen molar-refractivity contribution >= 4 is 5.69 Å². The molecule has 4 saturated carbocycles. The van der Waals surface area contributed by atoms with Gasteiger partial charge in [-0.25, -0.2) is 0 Å². The first-order valence-electron chi connectivity index (χ1n) is 25.8. The third kappa shape index (κ3) is 19.6. The van der Waals surface area contributed by atoms with E-state index in [9.17, 15) is 13.2 Å². The molecule has 2 N–H and O–H groups in total. The fourth-order valence-electron chi connectivity index (χ4n) is 11.3. The van der Waals surface area contributed by atoms with Gasteiger partial charge in [-0.15, -0.1) is 10.2 Å². The first kappa shape index (κ1) is 58.0. The van der Waals surface area contributed by atoms with Crippen LogP contribution < -0.4 is 10.6 Å². The van der Waals surface area contributed by atoms with Crippen LogP contribution in [0.25, 0.3) is 0 Å². The van der Waals surface area contributed by atoms with Gasteiger partial charge in [-0.2, -0.15) is 13.2 Å². The molecule has 3 aliphatic heterocycles. The predicted molar refractivity (Wildman–Crippen MR) is 271 cm³/mol. The highest BCUT2D eigenvalue weighted by Gasteiger charge is 2.55. The van der Waals surface area contributed by atoms with E-state index in [1.807, 2.05) is 13.8 Å². The van der Waals surface area contributed by atoms with E-state index in [-0.39, 0.29) is 0 Å². The van der Waals surface area contributed by atoms with Crippen LogP contribution in [0.5, 0.6) is 0 Å². The minimum atomic E-state index is -4.41. The van der Waals surface area contributed by atoms with Crippen LogP contribution in [0.1, 0.15) is 160 Å². The molecule has 13 heteroatoms. The lowest BCUT2D eigenvalue weighted by molar-refractivity contribution is -0.148. The molecule has 2 saturated heterocycles. The van der Waals surface area contributed by atoms with E-state index in [1.165, 1.54) is 74.0 Å². The lowest BCUT2D eigenvalue weighted by Gasteiger charge is -2.62. The van der Waals surface area contributed by atoms with Gasteiger partial charge in [0.1, 0.15) is 5.82 Å². The van der Waals surface area contributed by atoms with Gasteiger partial charge in [0, 0.05) is 93.3 Å². The number of ether oxygens (including phenoxy) is 1. The van der Waals surface area contributed by atoms with Gasteiger partial charge >= 0.3 is 6.18 Å². The highest BCUT2D eigenvalue weighted by molar-refractivity contribution is 5.44. The summed E-state index contributed by atoms with van der Waals surface area (Å²) in [4.78, 5) is 9.48. The molecule has 6 fully saturated rings. The Kier molecular flexibility index (Phi) is 23.4. The SMILES string of the molecule is CC(C)C.CC(C)N1CCN(C)CC1C.CC(C)N1CCOCC1.CC(C)N1CCn2c(nnc2C(F)(F)F)C1.CC(C)NC12CC3CC(CC(C)(C3)C1)C2.Cc1ccc(NC(C)C)cc1. The van der Waals surface area contributed by atoms with Crippen LogP contribution >= 0.6 is 0 Å². The van der Waals surface area contributed by atoms with E-state index < -0.39 is 12.0 Å². The lowest BCUT2D eigenvalue weighted by Crippen LogP contribution is -2.62. The molecule has 0 radical (unpaired) electrons. The van der Waals surface area contributed by atoms with Crippen molar-refractivity contribution < 1.29 is 17.9 Å². The van der Waals surface area contributed by atoms with Crippen LogP contribution in [0.4, 0.5) is 18.9 Å². The number of alkyl halides is 3. The minimum absolute atomic E-state index is 0.301. The maximum atomic E-state index is 12.5. The van der Waals surface area contributed by atoms with Crippen LogP contribution in [0.3, 0.4) is 0 Å². The molecule has 3 unspecified atom stereocenters. The van der Waals surface area contributed by atoms with E-state index >= 15 is 0 Å². The van der Waals surface area contributed by atoms with Crippen molar-refractivity contribution in [3.63, 3.8) is 0 Å². The second-order valence-electron chi connectivity index (χ2n) is 23.1. The van der Waals surface area contributed by atoms with Gasteiger partial charge in [0.2, 0.25) is 5.82 Å². The van der Waals surface area contributed by atoms with Crippen LogP contribution in [-0.4, -0.2) is 136 Å². The Morgan fingerprint density at radius 2 is 1.27 bits per heavy atom. The maximum absolute atomic E-state index is 12.5. The number of morpholine rings is 1. The Morgan fingerprint density at radius 1 is 0.712 bits per heavy atom. The number of halogens is 3. The summed E-state index contributed by atoms with van der Waals surface area (Å²) in [6.07, 6.45) is 4.55. The molecular weight excluding hydrogens is 836 g/mol. The highest BCUT2D eigenvalue weighted by atomic mass is 19.4. The largest absolute Gasteiger partial charge is 0.451 e. The van der Waals surface area contributed by atoms with E-state index in [4.69, 9.17) is 4.74 Å². The lowest BCUT2D eigenvalue weighted by atomic mass is 9.47. The molecule has 4 bridgehead atoms. The Hall–Kier alpha value is -2.29. The molecule has 9 rings (SSSR count). The zero-order chi connectivity index (χ0) is 49.6. The molecule has 1 aromatic heterocycles. The third-order valence-electron chi connectivity index (χ3n) is 13.5. The van der Waals surface area contributed by atoms with Gasteiger partial charge in [-0.1, -0.05) is 59.2 Å². The van der Waals surface area contributed by atoms with E-state index in [1.54, 1.807) is 0 Å². The second kappa shape index (κ2) is 26.6. The molecule has 0 amide bonds. The van der Waals surface area contributed by atoms with Gasteiger partial charge < -0.3 is 24.8 Å². The number of aromatic nitrogens is 3. The number of piperazine rings is 1. The zero-order valence-corrected chi connectivity index (χ0v) is 45.0. The number of benzene rings is 1. The van der Waals surface area contributed by atoms with Crippen molar-refractivity contribution in [1.82, 2.24) is 39.7 Å². The number of fused-ring (bicyclic) bond motifs is 1. The number of aryl methyl sites for hydroxylation is 1. The molecule has 3 atom stereocenters. The van der Waals surface area contributed by atoms with Crippen molar-refractivity contribution in [2.75, 3.05) is 64.8 Å². The summed E-state index contributed by atoms with van der Waals surface area (Å²) in [5.74, 6) is 2.43. The molecule has 66 heavy (non-hydrogen) atoms. The Bertz CT molecular complexity index is 1610. The minimum Gasteiger partial charge on any atom is -0.383 e. The molecule has 1 aromatic carbocycles. The van der Waals surface area contributed by atoms with Crippen LogP contribution in [0.15, 0.2) is 24.3 Å². The monoisotopic (exact) mass is 934 g/mol. The zero-order valence-electron chi connectivity index (χ0n) is 45.0. The average Bonchev–Trinajstić information content (AvgIpc) is 3.63. The summed E-state index contributed by atoms with van der Waals surface area (Å²) in [6.45, 7) is 44.4. The molecule has 4 aliphatic carbocycles. The number of nitrogens with zero attached hydrogens (tertiary/aromatic N) is 7. The van der Waals surface area contributed by atoms with Crippen molar-refractivity contribution in [2.45, 2.75) is 210 Å². The molecule has 4 heterocycles. The molecule has 382 valence electrons. The van der Waals surface area contributed by atoms with Crippen molar-refractivity contribution in [3.05, 3.63) is 41.5 Å². The quantitative estimate of drug-likeness (QED) is 0.282. The van der Waals surface area contributed by atoms with Crippen molar-refractivity contribution in [2.24, 2.45) is 23.2 Å². The Balaban J connectivity index is 0.000000218. The number of rotatable bonds is 7. The molecule has 10 nitrogen and oxygen atoms in total. The summed E-state index contributed by atoms with van der Waals surface area (Å²) in [5.41, 5.74) is 3.73. The summed E-state index contributed by atoms with van der Waals surface area (Å²) >= 11 is 0. The predicted octanol–water partition coefficient (Wildman–Crippen LogP) is 11.1.